The molecule has 5 aromatic carbocycles. The first-order valence-corrected chi connectivity index (χ1v) is 18.8. The summed E-state index contributed by atoms with van der Waals surface area (Å²) in [4.78, 5) is 11.4. The van der Waals surface area contributed by atoms with Crippen LogP contribution in [-0.2, 0) is 0 Å². The van der Waals surface area contributed by atoms with Gasteiger partial charge < -0.3 is 0 Å². The monoisotopic (exact) mass is 606 g/mol. The minimum Gasteiger partial charge on any atom is -0.244 e. The van der Waals surface area contributed by atoms with Crippen molar-refractivity contribution in [3.63, 3.8) is 0 Å². The second-order valence-electron chi connectivity index (χ2n) is 12.0. The van der Waals surface area contributed by atoms with Crippen LogP contribution in [0, 0.1) is 0 Å². The summed E-state index contributed by atoms with van der Waals surface area (Å²) in [5, 5.41) is 0. The van der Waals surface area contributed by atoms with Gasteiger partial charge in [0.1, 0.15) is 0 Å². The third-order valence-corrected chi connectivity index (χ3v) is 16.2. The molecule has 3 heterocycles. The van der Waals surface area contributed by atoms with Gasteiger partial charge in [-0.3, -0.25) is 0 Å². The fraction of sp³-hybridized carbons (Fsp3) is 0.200. The van der Waals surface area contributed by atoms with E-state index in [9.17, 15) is 0 Å². The Bertz CT molecular complexity index is 1610. The van der Waals surface area contributed by atoms with E-state index in [2.05, 4.69) is 146 Å². The predicted octanol–water partition coefficient (Wildman–Crippen LogP) is 10.4. The molecule has 0 aliphatic carbocycles. The molecule has 0 spiro atoms. The molecule has 6 aromatic rings. The molecule has 216 valence electrons. The van der Waals surface area contributed by atoms with Crippen molar-refractivity contribution in [3.05, 3.63) is 168 Å². The number of nitrogens with zero attached hydrogens (tertiary/aromatic N) is 2. The Hall–Kier alpha value is -3.70. The van der Waals surface area contributed by atoms with Crippen LogP contribution < -0.4 is 10.9 Å². The second-order valence-corrected chi connectivity index (χ2v) is 17.0. The number of fused-ring (bicyclic) bond motifs is 1. The lowest BCUT2D eigenvalue weighted by Gasteiger charge is -2.32. The molecular formula is C40H36N2P2. The molecule has 0 N–H and O–H groups in total. The summed E-state index contributed by atoms with van der Waals surface area (Å²) in [6.07, 6.45) is 4.74. The van der Waals surface area contributed by atoms with Crippen molar-refractivity contribution in [1.29, 1.82) is 0 Å². The van der Waals surface area contributed by atoms with E-state index >= 15 is 0 Å². The maximum atomic E-state index is 5.69. The Morgan fingerprint density at radius 3 is 0.864 bits per heavy atom. The zero-order valence-corrected chi connectivity index (χ0v) is 26.6. The highest BCUT2D eigenvalue weighted by atomic mass is 31.1. The molecule has 6 atom stereocenters. The van der Waals surface area contributed by atoms with Gasteiger partial charge in [-0.05, 0) is 75.9 Å². The lowest BCUT2D eigenvalue weighted by atomic mass is 10.0. The molecule has 4 heteroatoms. The van der Waals surface area contributed by atoms with Crippen molar-refractivity contribution in [1.82, 2.24) is 9.97 Å². The van der Waals surface area contributed by atoms with Gasteiger partial charge in [0.15, 0.2) is 0 Å². The Morgan fingerprint density at radius 1 is 0.341 bits per heavy atom. The number of rotatable bonds is 6. The second kappa shape index (κ2) is 12.4. The first-order valence-electron chi connectivity index (χ1n) is 15.9. The fourth-order valence-corrected chi connectivity index (χ4v) is 15.0. The Morgan fingerprint density at radius 2 is 0.591 bits per heavy atom. The summed E-state index contributed by atoms with van der Waals surface area (Å²) < 4.78 is 0. The summed E-state index contributed by atoms with van der Waals surface area (Å²) in [7, 11) is -1.33. The maximum Gasteiger partial charge on any atom is 0.0909 e. The van der Waals surface area contributed by atoms with Gasteiger partial charge in [-0.2, -0.15) is 0 Å². The van der Waals surface area contributed by atoms with Gasteiger partial charge in [0.05, 0.1) is 21.9 Å². The van der Waals surface area contributed by atoms with Crippen LogP contribution in [0.15, 0.2) is 146 Å². The van der Waals surface area contributed by atoms with Crippen LogP contribution in [-0.4, -0.2) is 9.97 Å². The number of benzene rings is 5. The van der Waals surface area contributed by atoms with E-state index in [-0.39, 0.29) is 0 Å². The highest BCUT2D eigenvalue weighted by Gasteiger charge is 2.46. The smallest absolute Gasteiger partial charge is 0.0909 e. The van der Waals surface area contributed by atoms with Crippen molar-refractivity contribution in [2.24, 2.45) is 0 Å². The zero-order valence-electron chi connectivity index (χ0n) is 24.8. The third-order valence-electron chi connectivity index (χ3n) is 9.53. The molecule has 2 nitrogen and oxygen atoms in total. The molecule has 0 amide bonds. The van der Waals surface area contributed by atoms with Crippen LogP contribution in [0.25, 0.3) is 11.0 Å². The van der Waals surface area contributed by atoms with Gasteiger partial charge in [-0.15, -0.1) is 0 Å². The van der Waals surface area contributed by atoms with Crippen LogP contribution in [0.5, 0.6) is 0 Å². The van der Waals surface area contributed by atoms with Crippen molar-refractivity contribution in [2.45, 2.75) is 48.3 Å². The topological polar surface area (TPSA) is 25.8 Å². The summed E-state index contributed by atoms with van der Waals surface area (Å²) in [6.45, 7) is 0. The van der Waals surface area contributed by atoms with Crippen molar-refractivity contribution >= 4 is 37.7 Å². The van der Waals surface area contributed by atoms with E-state index in [1.807, 2.05) is 0 Å². The summed E-state index contributed by atoms with van der Waals surface area (Å²) in [5.74, 6) is 0. The molecule has 0 saturated carbocycles. The largest absolute Gasteiger partial charge is 0.244 e. The number of aromatic nitrogens is 2. The summed E-state index contributed by atoms with van der Waals surface area (Å²) in [6, 6.07) is 53.6. The molecule has 4 unspecified atom stereocenters. The molecule has 0 bridgehead atoms. The van der Waals surface area contributed by atoms with E-state index < -0.39 is 15.8 Å². The first kappa shape index (κ1) is 27.8. The van der Waals surface area contributed by atoms with E-state index in [1.54, 1.807) is 0 Å². The van der Waals surface area contributed by atoms with E-state index in [0.29, 0.717) is 22.6 Å². The Balaban J connectivity index is 1.37. The number of para-hydroxylation sites is 2. The lowest BCUT2D eigenvalue weighted by molar-refractivity contribution is 0.765. The molecule has 2 fully saturated rings. The van der Waals surface area contributed by atoms with Crippen molar-refractivity contribution in [2.75, 3.05) is 0 Å². The standard InChI is InChI=1S/C40H36N2P2/c1-5-15-29(16-6-1)35-25-26-36(30-17-7-2-8-18-30)43(35)39-40(42-34-24-14-13-23-33(34)41-39)44-37(31-19-9-3-10-20-31)27-28-38(44)32-21-11-4-12-22-32/h1-24,35-38H,25-28H2/t35-,36?,37+,38?,43?,44?. The highest BCUT2D eigenvalue weighted by Crippen LogP contribution is 2.73. The van der Waals surface area contributed by atoms with Crippen molar-refractivity contribution in [3.8, 4) is 0 Å². The molecule has 1 aromatic heterocycles. The van der Waals surface area contributed by atoms with Gasteiger partial charge in [0, 0.05) is 22.6 Å². The number of hydrogen-bond donors (Lipinski definition) is 0. The van der Waals surface area contributed by atoms with Crippen LogP contribution in [0.3, 0.4) is 0 Å². The van der Waals surface area contributed by atoms with Gasteiger partial charge in [-0.25, -0.2) is 9.97 Å². The number of hydrogen-bond acceptors (Lipinski definition) is 2. The van der Waals surface area contributed by atoms with Crippen LogP contribution >= 0.6 is 15.8 Å². The molecular weight excluding hydrogens is 570 g/mol. The first-order chi connectivity index (χ1) is 21.8. The molecule has 44 heavy (non-hydrogen) atoms. The molecule has 8 rings (SSSR count). The Labute approximate surface area is 263 Å². The highest BCUT2D eigenvalue weighted by molar-refractivity contribution is 7.72. The van der Waals surface area contributed by atoms with Gasteiger partial charge >= 0.3 is 0 Å². The molecule has 2 aliphatic heterocycles. The van der Waals surface area contributed by atoms with E-state index in [1.165, 1.54) is 58.8 Å². The molecule has 2 aliphatic rings. The quantitative estimate of drug-likeness (QED) is 0.176. The SMILES string of the molecule is c1ccc(C2CC[C@H](c3ccccc3)P2c2nc3ccccc3nc2P2C(c3ccccc3)CC[C@H]2c2ccccc2)cc1. The van der Waals surface area contributed by atoms with E-state index in [4.69, 9.17) is 9.97 Å². The van der Waals surface area contributed by atoms with Crippen molar-refractivity contribution < 1.29 is 0 Å². The summed E-state index contributed by atoms with van der Waals surface area (Å²) in [5.41, 5.74) is 12.4. The lowest BCUT2D eigenvalue weighted by Crippen LogP contribution is -2.31. The van der Waals surface area contributed by atoms with Gasteiger partial charge in [-0.1, -0.05) is 133 Å². The molecule has 2 saturated heterocycles. The Kier molecular flexibility index (Phi) is 7.81. The minimum atomic E-state index is -0.663. The average molecular weight is 607 g/mol. The summed E-state index contributed by atoms with van der Waals surface area (Å²) >= 11 is 0. The van der Waals surface area contributed by atoms with Crippen LogP contribution in [0.4, 0.5) is 0 Å². The van der Waals surface area contributed by atoms with E-state index in [0.717, 1.165) is 11.0 Å². The van der Waals surface area contributed by atoms with Crippen LogP contribution in [0.1, 0.15) is 70.6 Å². The zero-order chi connectivity index (χ0) is 29.3. The fourth-order valence-electron chi connectivity index (χ4n) is 7.55. The average Bonchev–Trinajstić information content (AvgIpc) is 3.75. The normalized spacial score (nSPS) is 24.9. The van der Waals surface area contributed by atoms with Gasteiger partial charge in [0.25, 0.3) is 0 Å². The maximum absolute atomic E-state index is 5.69. The molecule has 0 radical (unpaired) electrons. The van der Waals surface area contributed by atoms with Gasteiger partial charge in [0.2, 0.25) is 0 Å². The predicted molar refractivity (Wildman–Crippen MR) is 188 cm³/mol. The van der Waals surface area contributed by atoms with Crippen LogP contribution in [0.2, 0.25) is 0 Å². The third kappa shape index (κ3) is 5.19. The minimum absolute atomic E-state index is 0.466.